The first-order valence-corrected chi connectivity index (χ1v) is 9.06. The molecule has 1 aliphatic rings. The summed E-state index contributed by atoms with van der Waals surface area (Å²) in [5, 5.41) is 6.76. The van der Waals surface area contributed by atoms with E-state index in [2.05, 4.69) is 39.4 Å². The third-order valence-electron chi connectivity index (χ3n) is 4.88. The van der Waals surface area contributed by atoms with Gasteiger partial charge in [-0.05, 0) is 56.4 Å². The number of carbonyl (C=O) groups is 1. The van der Waals surface area contributed by atoms with Crippen molar-refractivity contribution in [1.82, 2.24) is 15.5 Å². The summed E-state index contributed by atoms with van der Waals surface area (Å²) in [5.74, 6) is 0.930. The monoisotopic (exact) mass is 342 g/mol. The molecule has 1 saturated heterocycles. The SMILES string of the molecule is CCC(C)NC(=O)c1nc(-c2ccc(N3CCC(C)CC3)cc2)no1. The minimum atomic E-state index is -0.327. The first-order chi connectivity index (χ1) is 12.1. The van der Waals surface area contributed by atoms with Crippen molar-refractivity contribution < 1.29 is 9.32 Å². The first-order valence-electron chi connectivity index (χ1n) is 9.06. The Balaban J connectivity index is 1.67. The fourth-order valence-electron chi connectivity index (χ4n) is 2.91. The summed E-state index contributed by atoms with van der Waals surface area (Å²) in [5.41, 5.74) is 2.06. The molecule has 0 spiro atoms. The number of anilines is 1. The van der Waals surface area contributed by atoms with Crippen molar-refractivity contribution in [2.24, 2.45) is 5.92 Å². The largest absolute Gasteiger partial charge is 0.372 e. The molecule has 25 heavy (non-hydrogen) atoms. The highest BCUT2D eigenvalue weighted by Crippen LogP contribution is 2.25. The number of nitrogens with zero attached hydrogens (tertiary/aromatic N) is 3. The van der Waals surface area contributed by atoms with Crippen molar-refractivity contribution >= 4 is 11.6 Å². The van der Waals surface area contributed by atoms with Crippen LogP contribution in [-0.2, 0) is 0 Å². The Labute approximate surface area is 148 Å². The van der Waals surface area contributed by atoms with E-state index in [4.69, 9.17) is 4.52 Å². The summed E-state index contributed by atoms with van der Waals surface area (Å²) in [6, 6.07) is 8.21. The Bertz CT molecular complexity index is 702. The van der Waals surface area contributed by atoms with E-state index in [0.29, 0.717) is 5.82 Å². The van der Waals surface area contributed by atoms with E-state index in [1.807, 2.05) is 26.0 Å². The summed E-state index contributed by atoms with van der Waals surface area (Å²) in [6.45, 7) is 8.46. The Morgan fingerprint density at radius 1 is 1.32 bits per heavy atom. The van der Waals surface area contributed by atoms with E-state index < -0.39 is 0 Å². The average Bonchev–Trinajstić information content (AvgIpc) is 3.13. The maximum Gasteiger partial charge on any atom is 0.316 e. The van der Waals surface area contributed by atoms with Gasteiger partial charge >= 0.3 is 11.8 Å². The average molecular weight is 342 g/mol. The lowest BCUT2D eigenvalue weighted by Crippen LogP contribution is -2.32. The van der Waals surface area contributed by atoms with Crippen LogP contribution in [-0.4, -0.2) is 35.2 Å². The summed E-state index contributed by atoms with van der Waals surface area (Å²) in [6.07, 6.45) is 3.33. The van der Waals surface area contributed by atoms with Crippen LogP contribution in [0.15, 0.2) is 28.8 Å². The molecule has 1 aromatic carbocycles. The minimum Gasteiger partial charge on any atom is -0.372 e. The van der Waals surface area contributed by atoms with Gasteiger partial charge in [-0.2, -0.15) is 4.98 Å². The van der Waals surface area contributed by atoms with Crippen LogP contribution in [0.2, 0.25) is 0 Å². The Morgan fingerprint density at radius 3 is 2.64 bits per heavy atom. The lowest BCUT2D eigenvalue weighted by molar-refractivity contribution is 0.0895. The van der Waals surface area contributed by atoms with Crippen LogP contribution < -0.4 is 10.2 Å². The minimum absolute atomic E-state index is 0.00407. The second kappa shape index (κ2) is 7.68. The van der Waals surface area contributed by atoms with Gasteiger partial charge in [0, 0.05) is 30.4 Å². The highest BCUT2D eigenvalue weighted by molar-refractivity contribution is 5.90. The zero-order chi connectivity index (χ0) is 17.8. The molecule has 0 aliphatic carbocycles. The van der Waals surface area contributed by atoms with Crippen LogP contribution in [0.1, 0.15) is 50.7 Å². The van der Waals surface area contributed by atoms with Crippen LogP contribution in [0.3, 0.4) is 0 Å². The lowest BCUT2D eigenvalue weighted by Gasteiger charge is -2.32. The molecule has 3 rings (SSSR count). The van der Waals surface area contributed by atoms with Gasteiger partial charge in [-0.15, -0.1) is 0 Å². The van der Waals surface area contributed by atoms with Gasteiger partial charge in [0.2, 0.25) is 5.82 Å². The molecule has 0 radical (unpaired) electrons. The van der Waals surface area contributed by atoms with Gasteiger partial charge < -0.3 is 14.7 Å². The molecule has 0 saturated carbocycles. The van der Waals surface area contributed by atoms with Crippen LogP contribution >= 0.6 is 0 Å². The summed E-state index contributed by atoms with van der Waals surface area (Å²) in [4.78, 5) is 18.7. The predicted octanol–water partition coefficient (Wildman–Crippen LogP) is 3.50. The number of nitrogens with one attached hydrogen (secondary N) is 1. The molecule has 1 aromatic heterocycles. The molecule has 1 aliphatic heterocycles. The predicted molar refractivity (Wildman–Crippen MR) is 97.6 cm³/mol. The topological polar surface area (TPSA) is 71.3 Å². The molecular formula is C19H26N4O2. The standard InChI is InChI=1S/C19H26N4O2/c1-4-14(3)20-18(24)19-21-17(22-25-19)15-5-7-16(8-6-15)23-11-9-13(2)10-12-23/h5-8,13-14H,4,9-12H2,1-3H3,(H,20,24). The molecular weight excluding hydrogens is 316 g/mol. The Morgan fingerprint density at radius 2 is 2.00 bits per heavy atom. The molecule has 1 atom stereocenters. The number of hydrogen-bond donors (Lipinski definition) is 1. The molecule has 1 amide bonds. The molecule has 1 fully saturated rings. The molecule has 6 heteroatoms. The van der Waals surface area contributed by atoms with E-state index in [-0.39, 0.29) is 17.8 Å². The zero-order valence-corrected chi connectivity index (χ0v) is 15.2. The number of piperidine rings is 1. The lowest BCUT2D eigenvalue weighted by atomic mass is 9.98. The number of carbonyl (C=O) groups excluding carboxylic acids is 1. The molecule has 134 valence electrons. The van der Waals surface area contributed by atoms with E-state index >= 15 is 0 Å². The van der Waals surface area contributed by atoms with E-state index in [1.54, 1.807) is 0 Å². The number of amides is 1. The van der Waals surface area contributed by atoms with Crippen molar-refractivity contribution in [3.8, 4) is 11.4 Å². The fourth-order valence-corrected chi connectivity index (χ4v) is 2.91. The van der Waals surface area contributed by atoms with Gasteiger partial charge in [-0.25, -0.2) is 0 Å². The van der Waals surface area contributed by atoms with E-state index in [1.165, 1.54) is 18.5 Å². The highest BCUT2D eigenvalue weighted by Gasteiger charge is 2.19. The van der Waals surface area contributed by atoms with Crippen LogP contribution in [0, 0.1) is 5.92 Å². The molecule has 1 unspecified atom stereocenters. The van der Waals surface area contributed by atoms with Gasteiger partial charge in [0.25, 0.3) is 0 Å². The highest BCUT2D eigenvalue weighted by atomic mass is 16.5. The van der Waals surface area contributed by atoms with Crippen LogP contribution in [0.4, 0.5) is 5.69 Å². The van der Waals surface area contributed by atoms with Gasteiger partial charge in [-0.1, -0.05) is 19.0 Å². The second-order valence-corrected chi connectivity index (χ2v) is 6.92. The van der Waals surface area contributed by atoms with Crippen molar-refractivity contribution in [2.45, 2.75) is 46.1 Å². The quantitative estimate of drug-likeness (QED) is 0.900. The maximum absolute atomic E-state index is 12.0. The van der Waals surface area contributed by atoms with E-state index in [0.717, 1.165) is 31.0 Å². The molecule has 0 bridgehead atoms. The molecule has 6 nitrogen and oxygen atoms in total. The Kier molecular flexibility index (Phi) is 5.36. The maximum atomic E-state index is 12.0. The van der Waals surface area contributed by atoms with Crippen LogP contribution in [0.25, 0.3) is 11.4 Å². The first kappa shape index (κ1) is 17.5. The molecule has 1 N–H and O–H groups in total. The van der Waals surface area contributed by atoms with Crippen molar-refractivity contribution in [2.75, 3.05) is 18.0 Å². The van der Waals surface area contributed by atoms with Gasteiger partial charge in [0.05, 0.1) is 0 Å². The second-order valence-electron chi connectivity index (χ2n) is 6.92. The third kappa shape index (κ3) is 4.18. The normalized spacial score (nSPS) is 16.7. The fraction of sp³-hybridized carbons (Fsp3) is 0.526. The number of hydrogen-bond acceptors (Lipinski definition) is 5. The summed E-state index contributed by atoms with van der Waals surface area (Å²) >= 11 is 0. The number of aromatic nitrogens is 2. The molecule has 2 aromatic rings. The number of benzene rings is 1. The number of rotatable bonds is 5. The summed E-state index contributed by atoms with van der Waals surface area (Å²) in [7, 11) is 0. The van der Waals surface area contributed by atoms with Gasteiger partial charge in [0.15, 0.2) is 0 Å². The summed E-state index contributed by atoms with van der Waals surface area (Å²) < 4.78 is 5.10. The smallest absolute Gasteiger partial charge is 0.316 e. The van der Waals surface area contributed by atoms with Crippen molar-refractivity contribution in [3.05, 3.63) is 30.2 Å². The van der Waals surface area contributed by atoms with Gasteiger partial charge in [-0.3, -0.25) is 4.79 Å². The van der Waals surface area contributed by atoms with E-state index in [9.17, 15) is 4.79 Å². The third-order valence-corrected chi connectivity index (χ3v) is 4.88. The van der Waals surface area contributed by atoms with Gasteiger partial charge in [0.1, 0.15) is 0 Å². The zero-order valence-electron chi connectivity index (χ0n) is 15.2. The van der Waals surface area contributed by atoms with Crippen molar-refractivity contribution in [1.29, 1.82) is 0 Å². The van der Waals surface area contributed by atoms with Crippen LogP contribution in [0.5, 0.6) is 0 Å². The molecule has 2 heterocycles. The van der Waals surface area contributed by atoms with Crippen molar-refractivity contribution in [3.63, 3.8) is 0 Å². The Hall–Kier alpha value is -2.37.